The van der Waals surface area contributed by atoms with Crippen LogP contribution in [0.4, 0.5) is 0 Å². The van der Waals surface area contributed by atoms with Crippen LogP contribution in [0.2, 0.25) is 8.67 Å². The van der Waals surface area contributed by atoms with Gasteiger partial charge in [-0.05, 0) is 18.9 Å². The van der Waals surface area contributed by atoms with Crippen LogP contribution in [-0.4, -0.2) is 23.2 Å². The lowest BCUT2D eigenvalue weighted by Crippen LogP contribution is -2.33. The number of hydrogen-bond acceptors (Lipinski definition) is 5. The molecule has 0 bridgehead atoms. The number of rotatable bonds is 3. The zero-order valence-corrected chi connectivity index (χ0v) is 13.2. The Balaban J connectivity index is 1.91. The molecule has 10 heteroatoms. The molecule has 1 N–H and O–H groups in total. The van der Waals surface area contributed by atoms with E-state index in [1.165, 1.54) is 12.4 Å². The van der Waals surface area contributed by atoms with Gasteiger partial charge in [0.25, 0.3) is 0 Å². The van der Waals surface area contributed by atoms with Crippen molar-refractivity contribution in [3.8, 4) is 0 Å². The maximum atomic E-state index is 12.4. The lowest BCUT2D eigenvalue weighted by Gasteiger charge is -2.22. The van der Waals surface area contributed by atoms with E-state index in [0.717, 1.165) is 24.3 Å². The van der Waals surface area contributed by atoms with Crippen molar-refractivity contribution < 1.29 is 8.42 Å². The minimum absolute atomic E-state index is 0.00538. The van der Waals surface area contributed by atoms with Crippen molar-refractivity contribution in [3.63, 3.8) is 0 Å². The van der Waals surface area contributed by atoms with Crippen molar-refractivity contribution in [2.45, 2.75) is 30.3 Å². The number of aryl methyl sites for hydroxylation is 1. The van der Waals surface area contributed by atoms with Crippen LogP contribution in [0, 0.1) is 0 Å². The molecule has 6 nitrogen and oxygen atoms in total. The maximum absolute atomic E-state index is 12.4. The number of nitrogens with zero attached hydrogens (tertiary/aromatic N) is 3. The van der Waals surface area contributed by atoms with Crippen LogP contribution in [0.3, 0.4) is 0 Å². The fourth-order valence-corrected chi connectivity index (χ4v) is 5.54. The zero-order chi connectivity index (χ0) is 14.3. The Morgan fingerprint density at radius 3 is 2.95 bits per heavy atom. The minimum atomic E-state index is -3.73. The largest absolute Gasteiger partial charge is 0.248 e. The zero-order valence-electron chi connectivity index (χ0n) is 10.1. The first-order valence-electron chi connectivity index (χ1n) is 5.82. The molecule has 2 aromatic heterocycles. The van der Waals surface area contributed by atoms with E-state index in [4.69, 9.17) is 23.2 Å². The second-order valence-corrected chi connectivity index (χ2v) is 8.31. The van der Waals surface area contributed by atoms with E-state index in [2.05, 4.69) is 14.8 Å². The highest BCUT2D eigenvalue weighted by molar-refractivity contribution is 7.89. The Labute approximate surface area is 129 Å². The molecule has 0 saturated carbocycles. The first-order chi connectivity index (χ1) is 9.47. The molecule has 3 rings (SSSR count). The summed E-state index contributed by atoms with van der Waals surface area (Å²) >= 11 is 12.7. The molecule has 0 aromatic carbocycles. The number of aromatic nitrogens is 3. The maximum Gasteiger partial charge on any atom is 0.243 e. The standard InChI is InChI=1S/C10H10Cl2N4O2S2/c11-8-4-7(9(12)19-8)20(17,18)15-6-2-1-3-16-10(6)13-5-14-16/h4-6,15H,1-3H2/t6-/m1/s1. The average molecular weight is 353 g/mol. The normalized spacial score (nSPS) is 19.0. The fourth-order valence-electron chi connectivity index (χ4n) is 2.16. The predicted octanol–water partition coefficient (Wildman–Crippen LogP) is 2.46. The van der Waals surface area contributed by atoms with Gasteiger partial charge >= 0.3 is 0 Å². The molecular formula is C10H10Cl2N4O2S2. The lowest BCUT2D eigenvalue weighted by atomic mass is 10.1. The first-order valence-corrected chi connectivity index (χ1v) is 8.88. The summed E-state index contributed by atoms with van der Waals surface area (Å²) in [5.74, 6) is 0.622. The van der Waals surface area contributed by atoms with Crippen molar-refractivity contribution >= 4 is 44.6 Å². The van der Waals surface area contributed by atoms with E-state index >= 15 is 0 Å². The molecular weight excluding hydrogens is 343 g/mol. The summed E-state index contributed by atoms with van der Waals surface area (Å²) in [4.78, 5) is 4.12. The van der Waals surface area contributed by atoms with Crippen LogP contribution in [0.15, 0.2) is 17.3 Å². The van der Waals surface area contributed by atoms with E-state index in [0.29, 0.717) is 16.6 Å². The molecule has 0 saturated heterocycles. The van der Waals surface area contributed by atoms with Crippen LogP contribution >= 0.6 is 34.5 Å². The third kappa shape index (κ3) is 2.58. The Kier molecular flexibility index (Phi) is 3.76. The van der Waals surface area contributed by atoms with Crippen molar-refractivity contribution in [1.29, 1.82) is 0 Å². The molecule has 0 amide bonds. The molecule has 20 heavy (non-hydrogen) atoms. The quantitative estimate of drug-likeness (QED) is 0.920. The van der Waals surface area contributed by atoms with Gasteiger partial charge in [0.15, 0.2) is 0 Å². The van der Waals surface area contributed by atoms with Crippen LogP contribution in [0.1, 0.15) is 24.7 Å². The third-order valence-corrected chi connectivity index (χ3v) is 6.26. The summed E-state index contributed by atoms with van der Waals surface area (Å²) in [6.45, 7) is 0.749. The van der Waals surface area contributed by atoms with Gasteiger partial charge in [-0.3, -0.25) is 0 Å². The van der Waals surface area contributed by atoms with Crippen LogP contribution in [0.5, 0.6) is 0 Å². The van der Waals surface area contributed by atoms with Gasteiger partial charge in [-0.2, -0.15) is 5.10 Å². The summed E-state index contributed by atoms with van der Waals surface area (Å²) in [7, 11) is -3.73. The van der Waals surface area contributed by atoms with Gasteiger partial charge < -0.3 is 0 Å². The Hall–Kier alpha value is -0.670. The molecule has 1 atom stereocenters. The van der Waals surface area contributed by atoms with Crippen LogP contribution < -0.4 is 4.72 Å². The molecule has 2 aromatic rings. The van der Waals surface area contributed by atoms with Crippen molar-refractivity contribution in [3.05, 3.63) is 26.9 Å². The van der Waals surface area contributed by atoms with E-state index in [-0.39, 0.29) is 9.23 Å². The second-order valence-electron chi connectivity index (χ2n) is 4.35. The fraction of sp³-hybridized carbons (Fsp3) is 0.400. The summed E-state index contributed by atoms with van der Waals surface area (Å²) in [6, 6.07) is 0.954. The number of nitrogens with one attached hydrogen (secondary N) is 1. The molecule has 0 fully saturated rings. The number of thiophene rings is 1. The lowest BCUT2D eigenvalue weighted by molar-refractivity contribution is 0.400. The van der Waals surface area contributed by atoms with E-state index < -0.39 is 16.1 Å². The number of sulfonamides is 1. The number of fused-ring (bicyclic) bond motifs is 1. The molecule has 0 aliphatic carbocycles. The van der Waals surface area contributed by atoms with Gasteiger partial charge in [0.05, 0.1) is 10.4 Å². The second kappa shape index (κ2) is 5.27. The highest BCUT2D eigenvalue weighted by Gasteiger charge is 2.29. The van der Waals surface area contributed by atoms with Crippen molar-refractivity contribution in [2.75, 3.05) is 0 Å². The molecule has 0 spiro atoms. The molecule has 0 unspecified atom stereocenters. The monoisotopic (exact) mass is 352 g/mol. The van der Waals surface area contributed by atoms with E-state index in [1.54, 1.807) is 4.68 Å². The van der Waals surface area contributed by atoms with Gasteiger partial charge in [-0.25, -0.2) is 22.8 Å². The summed E-state index contributed by atoms with van der Waals surface area (Å²) in [5.41, 5.74) is 0. The third-order valence-electron chi connectivity index (χ3n) is 3.03. The molecule has 1 aliphatic rings. The minimum Gasteiger partial charge on any atom is -0.248 e. The van der Waals surface area contributed by atoms with Gasteiger partial charge in [0, 0.05) is 6.54 Å². The van der Waals surface area contributed by atoms with Gasteiger partial charge in [0.2, 0.25) is 10.0 Å². The van der Waals surface area contributed by atoms with E-state index in [9.17, 15) is 8.42 Å². The molecule has 108 valence electrons. The van der Waals surface area contributed by atoms with Gasteiger partial charge in [0.1, 0.15) is 21.4 Å². The Bertz CT molecular complexity index is 740. The highest BCUT2D eigenvalue weighted by Crippen LogP contribution is 2.35. The molecule has 1 aliphatic heterocycles. The van der Waals surface area contributed by atoms with Crippen molar-refractivity contribution in [2.24, 2.45) is 0 Å². The summed E-state index contributed by atoms with van der Waals surface area (Å²) in [5, 5.41) is 4.06. The predicted molar refractivity (Wildman–Crippen MR) is 76.7 cm³/mol. The Morgan fingerprint density at radius 1 is 1.45 bits per heavy atom. The number of hydrogen-bond donors (Lipinski definition) is 1. The topological polar surface area (TPSA) is 76.9 Å². The summed E-state index contributed by atoms with van der Waals surface area (Å²) < 4.78 is 29.5. The SMILES string of the molecule is O=S(=O)(N[C@@H]1CCCn2ncnc21)c1cc(Cl)sc1Cl. The Morgan fingerprint density at radius 2 is 2.25 bits per heavy atom. The van der Waals surface area contributed by atoms with E-state index in [1.807, 2.05) is 0 Å². The average Bonchev–Trinajstić information content (AvgIpc) is 2.96. The number of halogens is 2. The van der Waals surface area contributed by atoms with Gasteiger partial charge in [-0.15, -0.1) is 11.3 Å². The highest BCUT2D eigenvalue weighted by atomic mass is 35.5. The summed E-state index contributed by atoms with van der Waals surface area (Å²) in [6.07, 6.45) is 2.94. The smallest absolute Gasteiger partial charge is 0.243 e. The van der Waals surface area contributed by atoms with Crippen LogP contribution in [0.25, 0.3) is 0 Å². The van der Waals surface area contributed by atoms with Crippen LogP contribution in [-0.2, 0) is 16.6 Å². The van der Waals surface area contributed by atoms with Crippen molar-refractivity contribution in [1.82, 2.24) is 19.5 Å². The first kappa shape index (κ1) is 14.3. The molecule has 0 radical (unpaired) electrons. The van der Waals surface area contributed by atoms with Gasteiger partial charge in [-0.1, -0.05) is 23.2 Å². The molecule has 3 heterocycles.